The number of aromatic hydroxyl groups is 1. The summed E-state index contributed by atoms with van der Waals surface area (Å²) in [7, 11) is 0. The fraction of sp³-hybridized carbons (Fsp3) is 0.0714. The number of rotatable bonds is 4. The number of phenols is 1. The van der Waals surface area contributed by atoms with Crippen LogP contribution in [0.15, 0.2) is 103 Å². The van der Waals surface area contributed by atoms with E-state index in [0.29, 0.717) is 22.4 Å². The van der Waals surface area contributed by atoms with Crippen LogP contribution in [-0.2, 0) is 0 Å². The molecule has 4 heteroatoms. The lowest BCUT2D eigenvalue weighted by atomic mass is 10.0. The first-order valence-electron chi connectivity index (χ1n) is 10.2. The lowest BCUT2D eigenvalue weighted by Gasteiger charge is -2.04. The smallest absolute Gasteiger partial charge is 0.343 e. The average Bonchev–Trinajstić information content (AvgIpc) is 2.83. The van der Waals surface area contributed by atoms with Crippen LogP contribution in [0, 0.1) is 13.8 Å². The van der Waals surface area contributed by atoms with Crippen molar-refractivity contribution in [2.75, 3.05) is 0 Å². The van der Waals surface area contributed by atoms with Crippen molar-refractivity contribution in [2.24, 2.45) is 0 Å². The summed E-state index contributed by atoms with van der Waals surface area (Å²) in [5, 5.41) is 9.65. The second-order valence-corrected chi connectivity index (χ2v) is 7.28. The van der Waals surface area contributed by atoms with Crippen LogP contribution in [0.4, 0.5) is 0 Å². The maximum Gasteiger partial charge on any atom is 0.343 e. The third kappa shape index (κ3) is 6.16. The minimum absolute atomic E-state index is 0.0273. The molecule has 4 aromatic rings. The molecule has 4 nitrogen and oxygen atoms in total. The number of hydrogen-bond donors (Lipinski definition) is 1. The third-order valence-corrected chi connectivity index (χ3v) is 4.67. The predicted octanol–water partition coefficient (Wildman–Crippen LogP) is 6.15. The van der Waals surface area contributed by atoms with E-state index in [1.54, 1.807) is 66.7 Å². The molecule has 0 atom stereocenters. The summed E-state index contributed by atoms with van der Waals surface area (Å²) in [5.41, 5.74) is 3.59. The van der Waals surface area contributed by atoms with Crippen LogP contribution in [0.1, 0.15) is 37.4 Å². The summed E-state index contributed by atoms with van der Waals surface area (Å²) in [4.78, 5) is 23.7. The van der Waals surface area contributed by atoms with Gasteiger partial charge in [-0.15, -0.1) is 0 Å². The normalized spacial score (nSPS) is 9.94. The SMILES string of the molecule is Cc1ccc(O)c(C(=O)c2ccccc2)c1.Cc1ccc(OC(=O)c2ccccc2)cc1. The van der Waals surface area contributed by atoms with E-state index in [1.165, 1.54) is 0 Å². The molecule has 0 aliphatic heterocycles. The van der Waals surface area contributed by atoms with Crippen LogP contribution in [0.5, 0.6) is 11.5 Å². The summed E-state index contributed by atoms with van der Waals surface area (Å²) in [6.07, 6.45) is 0. The van der Waals surface area contributed by atoms with Gasteiger partial charge in [0.25, 0.3) is 0 Å². The molecule has 0 saturated heterocycles. The number of phenolic OH excluding ortho intramolecular Hbond substituents is 1. The molecule has 0 aliphatic rings. The van der Waals surface area contributed by atoms with E-state index >= 15 is 0 Å². The van der Waals surface area contributed by atoms with Crippen molar-refractivity contribution in [3.05, 3.63) is 131 Å². The average molecular weight is 424 g/mol. The first kappa shape index (κ1) is 22.5. The largest absolute Gasteiger partial charge is 0.507 e. The van der Waals surface area contributed by atoms with E-state index in [9.17, 15) is 14.7 Å². The van der Waals surface area contributed by atoms with Gasteiger partial charge in [-0.05, 0) is 50.2 Å². The van der Waals surface area contributed by atoms with Crippen LogP contribution in [0.2, 0.25) is 0 Å². The van der Waals surface area contributed by atoms with Gasteiger partial charge in [0.2, 0.25) is 0 Å². The highest BCUT2D eigenvalue weighted by molar-refractivity contribution is 6.10. The van der Waals surface area contributed by atoms with Gasteiger partial charge in [0.15, 0.2) is 5.78 Å². The van der Waals surface area contributed by atoms with Crippen molar-refractivity contribution >= 4 is 11.8 Å². The molecule has 0 unspecified atom stereocenters. The first-order chi connectivity index (χ1) is 15.4. The maximum absolute atomic E-state index is 12.1. The Morgan fingerprint density at radius 1 is 0.656 bits per heavy atom. The van der Waals surface area contributed by atoms with Gasteiger partial charge in [-0.2, -0.15) is 0 Å². The van der Waals surface area contributed by atoms with Crippen LogP contribution in [-0.4, -0.2) is 16.9 Å². The predicted molar refractivity (Wildman–Crippen MR) is 125 cm³/mol. The zero-order valence-corrected chi connectivity index (χ0v) is 18.0. The number of benzene rings is 4. The number of ether oxygens (including phenoxy) is 1. The molecule has 0 aliphatic carbocycles. The molecule has 0 saturated carbocycles. The molecule has 4 rings (SSSR count). The Kier molecular flexibility index (Phi) is 7.55. The van der Waals surface area contributed by atoms with Crippen molar-refractivity contribution in [1.29, 1.82) is 0 Å². The Hall–Kier alpha value is -4.18. The van der Waals surface area contributed by atoms with E-state index in [-0.39, 0.29) is 17.5 Å². The van der Waals surface area contributed by atoms with Gasteiger partial charge >= 0.3 is 5.97 Å². The number of carbonyl (C=O) groups excluding carboxylic acids is 2. The minimum Gasteiger partial charge on any atom is -0.507 e. The van der Waals surface area contributed by atoms with Crippen molar-refractivity contribution in [1.82, 2.24) is 0 Å². The van der Waals surface area contributed by atoms with Crippen LogP contribution >= 0.6 is 0 Å². The standard InChI is InChI=1S/2C14H12O2/c1-11-7-9-13(10-8-11)16-14(15)12-5-3-2-4-6-12;1-10-7-8-13(15)12(9-10)14(16)11-5-3-2-4-6-11/h2-10H,1H3;2-9,15H,1H3. The second-order valence-electron chi connectivity index (χ2n) is 7.28. The van der Waals surface area contributed by atoms with E-state index in [0.717, 1.165) is 11.1 Å². The number of hydrogen-bond acceptors (Lipinski definition) is 4. The lowest BCUT2D eigenvalue weighted by molar-refractivity contribution is 0.0734. The summed E-state index contributed by atoms with van der Waals surface area (Å²) in [5.74, 6) is 0.116. The highest BCUT2D eigenvalue weighted by Gasteiger charge is 2.12. The fourth-order valence-electron chi connectivity index (χ4n) is 2.92. The third-order valence-electron chi connectivity index (χ3n) is 4.67. The van der Waals surface area contributed by atoms with Crippen LogP contribution in [0.25, 0.3) is 0 Å². The maximum atomic E-state index is 12.1. The number of esters is 1. The zero-order chi connectivity index (χ0) is 22.9. The van der Waals surface area contributed by atoms with Gasteiger partial charge in [0, 0.05) is 5.56 Å². The molecule has 0 bridgehead atoms. The molecule has 0 heterocycles. The van der Waals surface area contributed by atoms with E-state index in [1.807, 2.05) is 50.2 Å². The molecule has 0 amide bonds. The molecule has 0 radical (unpaired) electrons. The Labute approximate surface area is 187 Å². The zero-order valence-electron chi connectivity index (χ0n) is 18.0. The quantitative estimate of drug-likeness (QED) is 0.243. The summed E-state index contributed by atoms with van der Waals surface area (Å²) >= 11 is 0. The molecule has 1 N–H and O–H groups in total. The summed E-state index contributed by atoms with van der Waals surface area (Å²) in [6, 6.07) is 30.3. The number of aryl methyl sites for hydroxylation is 2. The molecule has 32 heavy (non-hydrogen) atoms. The van der Waals surface area contributed by atoms with Crippen LogP contribution in [0.3, 0.4) is 0 Å². The molecule has 0 fully saturated rings. The van der Waals surface area contributed by atoms with E-state index in [2.05, 4.69) is 0 Å². The molecule has 0 aromatic heterocycles. The molecule has 4 aromatic carbocycles. The fourth-order valence-corrected chi connectivity index (χ4v) is 2.92. The van der Waals surface area contributed by atoms with Gasteiger partial charge in [-0.3, -0.25) is 4.79 Å². The highest BCUT2D eigenvalue weighted by atomic mass is 16.5. The Morgan fingerprint density at radius 2 is 1.19 bits per heavy atom. The van der Waals surface area contributed by atoms with E-state index in [4.69, 9.17) is 4.74 Å². The van der Waals surface area contributed by atoms with Gasteiger partial charge in [0.1, 0.15) is 11.5 Å². The Bertz CT molecular complexity index is 1180. The first-order valence-corrected chi connectivity index (χ1v) is 10.2. The van der Waals surface area contributed by atoms with Gasteiger partial charge < -0.3 is 9.84 Å². The molecule has 160 valence electrons. The van der Waals surface area contributed by atoms with Crippen LogP contribution < -0.4 is 4.74 Å². The Morgan fingerprint density at radius 3 is 1.78 bits per heavy atom. The monoisotopic (exact) mass is 424 g/mol. The van der Waals surface area contributed by atoms with Crippen molar-refractivity contribution in [2.45, 2.75) is 13.8 Å². The second kappa shape index (κ2) is 10.7. The van der Waals surface area contributed by atoms with Crippen molar-refractivity contribution in [3.63, 3.8) is 0 Å². The van der Waals surface area contributed by atoms with Gasteiger partial charge in [-0.1, -0.05) is 77.9 Å². The van der Waals surface area contributed by atoms with Crippen molar-refractivity contribution < 1.29 is 19.4 Å². The number of ketones is 1. The van der Waals surface area contributed by atoms with Crippen molar-refractivity contribution in [3.8, 4) is 11.5 Å². The topological polar surface area (TPSA) is 63.6 Å². The van der Waals surface area contributed by atoms with Gasteiger partial charge in [0.05, 0.1) is 11.1 Å². The molecular formula is C28H24O4. The number of carbonyl (C=O) groups is 2. The van der Waals surface area contributed by atoms with E-state index < -0.39 is 0 Å². The molecular weight excluding hydrogens is 400 g/mol. The highest BCUT2D eigenvalue weighted by Crippen LogP contribution is 2.21. The van der Waals surface area contributed by atoms with Gasteiger partial charge in [-0.25, -0.2) is 4.79 Å². The lowest BCUT2D eigenvalue weighted by Crippen LogP contribution is -2.07. The summed E-state index contributed by atoms with van der Waals surface area (Å²) < 4.78 is 5.22. The Balaban J connectivity index is 0.000000181. The minimum atomic E-state index is -0.329. The molecule has 0 spiro atoms. The summed E-state index contributed by atoms with van der Waals surface area (Å²) in [6.45, 7) is 3.88.